The van der Waals surface area contributed by atoms with Gasteiger partial charge in [-0.2, -0.15) is 0 Å². The number of carbonyl (C=O) groups is 1. The number of hydrogen-bond acceptors (Lipinski definition) is 1. The van der Waals surface area contributed by atoms with Crippen LogP contribution in [0.25, 0.3) is 0 Å². The van der Waals surface area contributed by atoms with E-state index in [2.05, 4.69) is 0 Å². The second kappa shape index (κ2) is 4.96. The van der Waals surface area contributed by atoms with E-state index in [0.717, 1.165) is 18.4 Å². The van der Waals surface area contributed by atoms with Crippen molar-refractivity contribution in [3.05, 3.63) is 35.1 Å². The molecule has 0 saturated carbocycles. The Balaban J connectivity index is 2.95. The van der Waals surface area contributed by atoms with Crippen molar-refractivity contribution in [2.75, 3.05) is 0 Å². The lowest BCUT2D eigenvalue weighted by Crippen LogP contribution is -1.98. The fraction of sp³-hybridized carbons (Fsp3) is 0.364. The summed E-state index contributed by atoms with van der Waals surface area (Å²) in [5.74, 6) is -1.07. The molecule has 82 valence electrons. The Kier molecular flexibility index (Phi) is 3.88. The Morgan fingerprint density at radius 2 is 2.07 bits per heavy atom. The van der Waals surface area contributed by atoms with Crippen LogP contribution in [0.1, 0.15) is 36.8 Å². The lowest BCUT2D eigenvalue weighted by molar-refractivity contribution is -0.108. The lowest BCUT2D eigenvalue weighted by Gasteiger charge is -2.10. The zero-order chi connectivity index (χ0) is 11.4. The molecule has 0 fully saturated rings. The van der Waals surface area contributed by atoms with Gasteiger partial charge in [0.1, 0.15) is 12.1 Å². The highest BCUT2D eigenvalue weighted by atomic mass is 19.3. The molecule has 0 amide bonds. The second-order valence-corrected chi connectivity index (χ2v) is 3.39. The van der Waals surface area contributed by atoms with Gasteiger partial charge in [0.15, 0.2) is 0 Å². The van der Waals surface area contributed by atoms with Gasteiger partial charge in [-0.1, -0.05) is 19.1 Å². The van der Waals surface area contributed by atoms with E-state index in [4.69, 9.17) is 0 Å². The normalized spacial score (nSPS) is 12.9. The highest BCUT2D eigenvalue weighted by Crippen LogP contribution is 2.26. The highest BCUT2D eigenvalue weighted by Gasteiger charge is 2.15. The number of rotatable bonds is 4. The molecule has 1 unspecified atom stereocenters. The third-order valence-electron chi connectivity index (χ3n) is 2.28. The van der Waals surface area contributed by atoms with Gasteiger partial charge in [-0.05, 0) is 17.5 Å². The van der Waals surface area contributed by atoms with Crippen LogP contribution in [-0.2, 0) is 4.79 Å². The van der Waals surface area contributed by atoms with Gasteiger partial charge in [-0.25, -0.2) is 13.2 Å². The van der Waals surface area contributed by atoms with Crippen molar-refractivity contribution in [3.8, 4) is 0 Å². The Bertz CT molecular complexity index is 350. The third-order valence-corrected chi connectivity index (χ3v) is 2.28. The summed E-state index contributed by atoms with van der Waals surface area (Å²) in [7, 11) is 0. The summed E-state index contributed by atoms with van der Waals surface area (Å²) in [6.45, 7) is 1.74. The molecule has 0 aliphatic carbocycles. The first-order chi connectivity index (χ1) is 7.06. The molecule has 1 aromatic carbocycles. The number of halogens is 3. The minimum absolute atomic E-state index is 0.149. The van der Waals surface area contributed by atoms with Crippen molar-refractivity contribution in [3.63, 3.8) is 0 Å². The number of alkyl halides is 2. The number of hydrogen-bond donors (Lipinski definition) is 0. The van der Waals surface area contributed by atoms with E-state index in [1.807, 2.05) is 0 Å². The molecule has 1 aromatic rings. The zero-order valence-corrected chi connectivity index (χ0v) is 8.21. The van der Waals surface area contributed by atoms with E-state index >= 15 is 0 Å². The molecule has 0 bridgehead atoms. The summed E-state index contributed by atoms with van der Waals surface area (Å²) in [6.07, 6.45) is -1.82. The standard InChI is InChI=1S/C11H11F3O/c1-7(4-5-15)8-2-3-9(11(13)14)10(12)6-8/h2-3,5-7,11H,4H2,1H3. The van der Waals surface area contributed by atoms with Crippen molar-refractivity contribution < 1.29 is 18.0 Å². The van der Waals surface area contributed by atoms with Crippen LogP contribution in [0.15, 0.2) is 18.2 Å². The maximum Gasteiger partial charge on any atom is 0.266 e. The summed E-state index contributed by atoms with van der Waals surface area (Å²) in [6, 6.07) is 3.56. The molecular weight excluding hydrogens is 205 g/mol. The maximum atomic E-state index is 13.1. The SMILES string of the molecule is CC(CC=O)c1ccc(C(F)F)c(F)c1. The van der Waals surface area contributed by atoms with Crippen LogP contribution in [0.5, 0.6) is 0 Å². The fourth-order valence-corrected chi connectivity index (χ4v) is 1.31. The molecular formula is C11H11F3O. The third kappa shape index (κ3) is 2.81. The average molecular weight is 216 g/mol. The van der Waals surface area contributed by atoms with Gasteiger partial charge < -0.3 is 4.79 Å². The lowest BCUT2D eigenvalue weighted by atomic mass is 9.97. The van der Waals surface area contributed by atoms with Crippen molar-refractivity contribution in [2.45, 2.75) is 25.7 Å². The van der Waals surface area contributed by atoms with Crippen molar-refractivity contribution in [2.24, 2.45) is 0 Å². The zero-order valence-electron chi connectivity index (χ0n) is 8.21. The van der Waals surface area contributed by atoms with Crippen LogP contribution in [0.3, 0.4) is 0 Å². The number of benzene rings is 1. The Labute approximate surface area is 85.9 Å². The summed E-state index contributed by atoms with van der Waals surface area (Å²) in [5.41, 5.74) is -0.0407. The van der Waals surface area contributed by atoms with Crippen LogP contribution in [0.4, 0.5) is 13.2 Å². The van der Waals surface area contributed by atoms with Gasteiger partial charge in [0.05, 0.1) is 5.56 Å². The monoisotopic (exact) mass is 216 g/mol. The first-order valence-electron chi connectivity index (χ1n) is 4.57. The molecule has 0 saturated heterocycles. The predicted octanol–water partition coefficient (Wildman–Crippen LogP) is 3.46. The Morgan fingerprint density at radius 3 is 2.53 bits per heavy atom. The van der Waals surface area contributed by atoms with Gasteiger partial charge in [-0.3, -0.25) is 0 Å². The largest absolute Gasteiger partial charge is 0.303 e. The molecule has 0 aliphatic heterocycles. The molecule has 4 heteroatoms. The summed E-state index contributed by atoms with van der Waals surface area (Å²) in [4.78, 5) is 10.2. The van der Waals surface area contributed by atoms with Crippen molar-refractivity contribution in [1.29, 1.82) is 0 Å². The Hall–Kier alpha value is -1.32. The van der Waals surface area contributed by atoms with E-state index in [-0.39, 0.29) is 12.3 Å². The molecule has 15 heavy (non-hydrogen) atoms. The van der Waals surface area contributed by atoms with E-state index in [1.165, 1.54) is 6.07 Å². The van der Waals surface area contributed by atoms with Crippen LogP contribution in [0, 0.1) is 5.82 Å². The van der Waals surface area contributed by atoms with Crippen LogP contribution < -0.4 is 0 Å². The van der Waals surface area contributed by atoms with Gasteiger partial charge in [0.2, 0.25) is 0 Å². The molecule has 1 rings (SSSR count). The number of aldehydes is 1. The van der Waals surface area contributed by atoms with Gasteiger partial charge in [0.25, 0.3) is 6.43 Å². The van der Waals surface area contributed by atoms with Crippen LogP contribution >= 0.6 is 0 Å². The van der Waals surface area contributed by atoms with E-state index in [1.54, 1.807) is 6.92 Å². The molecule has 0 spiro atoms. The second-order valence-electron chi connectivity index (χ2n) is 3.39. The molecule has 1 atom stereocenters. The number of carbonyl (C=O) groups excluding carboxylic acids is 1. The highest BCUT2D eigenvalue weighted by molar-refractivity contribution is 5.51. The molecule has 0 radical (unpaired) electrons. The average Bonchev–Trinajstić information content (AvgIpc) is 2.17. The quantitative estimate of drug-likeness (QED) is 0.704. The molecule has 0 aromatic heterocycles. The minimum Gasteiger partial charge on any atom is -0.303 e. The van der Waals surface area contributed by atoms with Crippen LogP contribution in [0.2, 0.25) is 0 Å². The Morgan fingerprint density at radius 1 is 1.40 bits per heavy atom. The van der Waals surface area contributed by atoms with Crippen LogP contribution in [-0.4, -0.2) is 6.29 Å². The van der Waals surface area contributed by atoms with Crippen molar-refractivity contribution in [1.82, 2.24) is 0 Å². The summed E-state index contributed by atoms with van der Waals surface area (Å²) >= 11 is 0. The van der Waals surface area contributed by atoms with E-state index in [9.17, 15) is 18.0 Å². The van der Waals surface area contributed by atoms with E-state index in [0.29, 0.717) is 5.56 Å². The molecule has 0 aliphatic rings. The predicted molar refractivity (Wildman–Crippen MR) is 50.5 cm³/mol. The molecule has 0 heterocycles. The summed E-state index contributed by atoms with van der Waals surface area (Å²) in [5, 5.41) is 0. The van der Waals surface area contributed by atoms with Gasteiger partial charge >= 0.3 is 0 Å². The molecule has 0 N–H and O–H groups in total. The molecule has 1 nitrogen and oxygen atoms in total. The van der Waals surface area contributed by atoms with E-state index < -0.39 is 17.8 Å². The van der Waals surface area contributed by atoms with Gasteiger partial charge in [0, 0.05) is 6.42 Å². The van der Waals surface area contributed by atoms with Gasteiger partial charge in [-0.15, -0.1) is 0 Å². The minimum atomic E-state index is -2.81. The summed E-state index contributed by atoms with van der Waals surface area (Å²) < 4.78 is 37.6. The fourth-order valence-electron chi connectivity index (χ4n) is 1.31. The first-order valence-corrected chi connectivity index (χ1v) is 4.57. The maximum absolute atomic E-state index is 13.1. The van der Waals surface area contributed by atoms with Crippen molar-refractivity contribution >= 4 is 6.29 Å². The topological polar surface area (TPSA) is 17.1 Å². The first kappa shape index (κ1) is 11.8. The smallest absolute Gasteiger partial charge is 0.266 e.